The van der Waals surface area contributed by atoms with Crippen LogP contribution in [-0.4, -0.2) is 100.0 Å². The number of nitrogens with zero attached hydrogens (tertiary/aromatic N) is 4. The number of ether oxygens (including phenoxy) is 1. The van der Waals surface area contributed by atoms with Gasteiger partial charge in [0.05, 0.1) is 13.2 Å². The van der Waals surface area contributed by atoms with E-state index in [1.165, 1.54) is 5.69 Å². The molecular weight excluding hydrogens is 503 g/mol. The molecule has 2 saturated heterocycles. The molecule has 2 aliphatic rings. The van der Waals surface area contributed by atoms with E-state index in [1.807, 2.05) is 7.05 Å². The first-order valence-corrected chi connectivity index (χ1v) is 11.3. The summed E-state index contributed by atoms with van der Waals surface area (Å²) in [5.41, 5.74) is 1.40. The van der Waals surface area contributed by atoms with Gasteiger partial charge in [0, 0.05) is 76.7 Å². The van der Waals surface area contributed by atoms with Gasteiger partial charge in [-0.1, -0.05) is 18.2 Å². The Morgan fingerprint density at radius 2 is 1.68 bits per heavy atom. The van der Waals surface area contributed by atoms with Crippen molar-refractivity contribution in [2.75, 3.05) is 77.5 Å². The molecule has 0 radical (unpaired) electrons. The maximum Gasteiger partial charge on any atom is 0.191 e. The van der Waals surface area contributed by atoms with E-state index < -0.39 is 0 Å². The summed E-state index contributed by atoms with van der Waals surface area (Å²) >= 11 is 0. The van der Waals surface area contributed by atoms with E-state index in [4.69, 9.17) is 4.74 Å². The fraction of sp³-hybridized carbons (Fsp3) is 0.696. The van der Waals surface area contributed by atoms with E-state index >= 15 is 0 Å². The van der Waals surface area contributed by atoms with Crippen LogP contribution in [0.1, 0.15) is 20.8 Å². The Balaban J connectivity index is 0.00000341. The number of anilines is 1. The molecule has 1 atom stereocenters. The van der Waals surface area contributed by atoms with E-state index in [1.54, 1.807) is 0 Å². The van der Waals surface area contributed by atoms with Gasteiger partial charge in [-0.3, -0.25) is 14.8 Å². The van der Waals surface area contributed by atoms with Gasteiger partial charge >= 0.3 is 0 Å². The number of hydrogen-bond donors (Lipinski definition) is 2. The molecule has 1 aromatic rings. The molecule has 0 bridgehead atoms. The van der Waals surface area contributed by atoms with Crippen molar-refractivity contribution in [3.63, 3.8) is 0 Å². The summed E-state index contributed by atoms with van der Waals surface area (Å²) in [6.45, 7) is 16.6. The minimum absolute atomic E-state index is 0. The molecule has 2 fully saturated rings. The first-order valence-electron chi connectivity index (χ1n) is 11.3. The smallest absolute Gasteiger partial charge is 0.191 e. The molecule has 0 saturated carbocycles. The number of piperazine rings is 1. The van der Waals surface area contributed by atoms with Gasteiger partial charge in [0.15, 0.2) is 5.96 Å². The molecule has 31 heavy (non-hydrogen) atoms. The molecule has 1 unspecified atom stereocenters. The highest BCUT2D eigenvalue weighted by atomic mass is 127. The SMILES string of the molecule is CN=C(NCC(C)N1CCN(c2ccccc2)CC1)NCC(C)(C)N1CCOCC1.I. The molecule has 0 amide bonds. The highest BCUT2D eigenvalue weighted by Crippen LogP contribution is 2.17. The number of para-hydroxylation sites is 1. The van der Waals surface area contributed by atoms with Crippen LogP contribution in [0.25, 0.3) is 0 Å². The second-order valence-corrected chi connectivity index (χ2v) is 8.93. The Bertz CT molecular complexity index is 657. The second-order valence-electron chi connectivity index (χ2n) is 8.93. The van der Waals surface area contributed by atoms with E-state index in [0.717, 1.165) is 71.5 Å². The first kappa shape index (κ1) is 26.2. The van der Waals surface area contributed by atoms with Crippen LogP contribution in [0, 0.1) is 0 Å². The molecule has 176 valence electrons. The summed E-state index contributed by atoms with van der Waals surface area (Å²) in [5, 5.41) is 7.05. The van der Waals surface area contributed by atoms with Crippen LogP contribution < -0.4 is 15.5 Å². The molecule has 1 aromatic carbocycles. The lowest BCUT2D eigenvalue weighted by atomic mass is 10.0. The molecule has 3 rings (SSSR count). The minimum atomic E-state index is 0. The fourth-order valence-electron chi connectivity index (χ4n) is 4.23. The van der Waals surface area contributed by atoms with Crippen molar-refractivity contribution >= 4 is 35.6 Å². The maximum atomic E-state index is 5.49. The van der Waals surface area contributed by atoms with E-state index in [2.05, 4.69) is 81.4 Å². The van der Waals surface area contributed by atoms with Gasteiger partial charge in [-0.2, -0.15) is 0 Å². The van der Waals surface area contributed by atoms with Gasteiger partial charge in [-0.05, 0) is 32.9 Å². The van der Waals surface area contributed by atoms with Crippen LogP contribution in [0.2, 0.25) is 0 Å². The van der Waals surface area contributed by atoms with Crippen molar-refractivity contribution in [2.45, 2.75) is 32.4 Å². The van der Waals surface area contributed by atoms with Crippen LogP contribution in [0.4, 0.5) is 5.69 Å². The zero-order valence-electron chi connectivity index (χ0n) is 19.6. The number of hydrogen-bond acceptors (Lipinski definition) is 5. The topological polar surface area (TPSA) is 55.4 Å². The third kappa shape index (κ3) is 7.76. The molecular formula is C23H41IN6O. The largest absolute Gasteiger partial charge is 0.379 e. The van der Waals surface area contributed by atoms with Crippen LogP contribution in [-0.2, 0) is 4.74 Å². The Hall–Kier alpha value is -1.10. The standard InChI is InChI=1S/C23H40N6O.HI/c1-20(27-10-12-28(13-11-27)21-8-6-5-7-9-21)18-25-22(24-4)26-19-23(2,3)29-14-16-30-17-15-29;/h5-9,20H,10-19H2,1-4H3,(H2,24,25,26);1H. The van der Waals surface area contributed by atoms with Crippen LogP contribution in [0.15, 0.2) is 35.3 Å². The molecule has 8 heteroatoms. The lowest BCUT2D eigenvalue weighted by Crippen LogP contribution is -2.57. The Morgan fingerprint density at radius 1 is 1.03 bits per heavy atom. The first-order chi connectivity index (χ1) is 14.5. The number of nitrogens with one attached hydrogen (secondary N) is 2. The molecule has 2 N–H and O–H groups in total. The summed E-state index contributed by atoms with van der Waals surface area (Å²) < 4.78 is 5.49. The van der Waals surface area contributed by atoms with E-state index in [-0.39, 0.29) is 29.5 Å². The molecule has 7 nitrogen and oxygen atoms in total. The van der Waals surface area contributed by atoms with Crippen LogP contribution >= 0.6 is 24.0 Å². The van der Waals surface area contributed by atoms with E-state index in [9.17, 15) is 0 Å². The zero-order chi connectivity index (χ0) is 21.4. The molecule has 0 spiro atoms. The van der Waals surface area contributed by atoms with Gasteiger partial charge in [0.25, 0.3) is 0 Å². The third-order valence-corrected chi connectivity index (χ3v) is 6.40. The number of aliphatic imine (C=N–C) groups is 1. The van der Waals surface area contributed by atoms with Gasteiger partial charge in [-0.15, -0.1) is 24.0 Å². The zero-order valence-corrected chi connectivity index (χ0v) is 22.0. The van der Waals surface area contributed by atoms with Crippen molar-refractivity contribution in [2.24, 2.45) is 4.99 Å². The van der Waals surface area contributed by atoms with Crippen LogP contribution in [0.5, 0.6) is 0 Å². The normalized spacial score (nSPS) is 20.1. The highest BCUT2D eigenvalue weighted by molar-refractivity contribution is 14.0. The Kier molecular flexibility index (Phi) is 10.8. The predicted molar refractivity (Wildman–Crippen MR) is 141 cm³/mol. The Morgan fingerprint density at radius 3 is 2.29 bits per heavy atom. The summed E-state index contributed by atoms with van der Waals surface area (Å²) in [7, 11) is 1.85. The lowest BCUT2D eigenvalue weighted by Gasteiger charge is -2.41. The van der Waals surface area contributed by atoms with Crippen molar-refractivity contribution in [1.29, 1.82) is 0 Å². The fourth-order valence-corrected chi connectivity index (χ4v) is 4.23. The second kappa shape index (κ2) is 12.8. The number of benzene rings is 1. The average Bonchev–Trinajstić information content (AvgIpc) is 2.80. The summed E-state index contributed by atoms with van der Waals surface area (Å²) in [5.74, 6) is 0.881. The number of rotatable bonds is 7. The van der Waals surface area contributed by atoms with E-state index in [0.29, 0.717) is 6.04 Å². The number of morpholine rings is 1. The Labute approximate surface area is 205 Å². The molecule has 0 aromatic heterocycles. The summed E-state index contributed by atoms with van der Waals surface area (Å²) in [6, 6.07) is 11.2. The van der Waals surface area contributed by atoms with Gasteiger partial charge in [0.2, 0.25) is 0 Å². The molecule has 2 heterocycles. The molecule has 2 aliphatic heterocycles. The number of halogens is 1. The van der Waals surface area contributed by atoms with Crippen molar-refractivity contribution in [3.05, 3.63) is 30.3 Å². The minimum Gasteiger partial charge on any atom is -0.379 e. The van der Waals surface area contributed by atoms with Crippen molar-refractivity contribution < 1.29 is 4.74 Å². The van der Waals surface area contributed by atoms with Crippen molar-refractivity contribution in [3.8, 4) is 0 Å². The monoisotopic (exact) mass is 544 g/mol. The lowest BCUT2D eigenvalue weighted by molar-refractivity contribution is -0.00834. The predicted octanol–water partition coefficient (Wildman–Crippen LogP) is 2.09. The van der Waals surface area contributed by atoms with Crippen LogP contribution in [0.3, 0.4) is 0 Å². The van der Waals surface area contributed by atoms with Gasteiger partial charge in [-0.25, -0.2) is 0 Å². The highest BCUT2D eigenvalue weighted by Gasteiger charge is 2.28. The number of guanidine groups is 1. The van der Waals surface area contributed by atoms with Gasteiger partial charge in [0.1, 0.15) is 0 Å². The maximum absolute atomic E-state index is 5.49. The summed E-state index contributed by atoms with van der Waals surface area (Å²) in [4.78, 5) is 12.0. The van der Waals surface area contributed by atoms with Gasteiger partial charge < -0.3 is 20.3 Å². The van der Waals surface area contributed by atoms with Crippen molar-refractivity contribution in [1.82, 2.24) is 20.4 Å². The molecule has 0 aliphatic carbocycles. The average molecular weight is 545 g/mol. The third-order valence-electron chi connectivity index (χ3n) is 6.40. The summed E-state index contributed by atoms with van der Waals surface area (Å²) in [6.07, 6.45) is 0. The quantitative estimate of drug-likeness (QED) is 0.312.